The third-order valence-corrected chi connectivity index (χ3v) is 8.15. The van der Waals surface area contributed by atoms with Gasteiger partial charge in [-0.25, -0.2) is 0 Å². The number of hydrogen-bond acceptors (Lipinski definition) is 2. The lowest BCUT2D eigenvalue weighted by Gasteiger charge is -2.42. The lowest BCUT2D eigenvalue weighted by Crippen LogP contribution is -2.33. The molecule has 22 heavy (non-hydrogen) atoms. The van der Waals surface area contributed by atoms with Crippen LogP contribution in [-0.4, -0.2) is 42.3 Å². The van der Waals surface area contributed by atoms with Crippen LogP contribution in [-0.2, 0) is 0 Å². The van der Waals surface area contributed by atoms with Crippen molar-refractivity contribution in [1.82, 2.24) is 9.62 Å². The van der Waals surface area contributed by atoms with Crippen LogP contribution in [0.2, 0.25) is 0 Å². The summed E-state index contributed by atoms with van der Waals surface area (Å²) in [6.07, 6.45) is 22.3. The van der Waals surface area contributed by atoms with E-state index in [0.717, 1.165) is 0 Å². The first kappa shape index (κ1) is 16.2. The molecule has 2 aliphatic carbocycles. The molecule has 0 aromatic heterocycles. The fraction of sp³-hybridized carbons (Fsp3) is 0.684. The van der Waals surface area contributed by atoms with Crippen molar-refractivity contribution >= 4 is 10.2 Å². The van der Waals surface area contributed by atoms with E-state index in [-0.39, 0.29) is 0 Å². The maximum Gasteiger partial charge on any atom is 0.0271 e. The molecule has 1 saturated heterocycles. The van der Waals surface area contributed by atoms with E-state index in [9.17, 15) is 0 Å². The van der Waals surface area contributed by atoms with Crippen LogP contribution in [0.1, 0.15) is 32.6 Å². The summed E-state index contributed by atoms with van der Waals surface area (Å²) >= 11 is 0. The monoisotopic (exact) mass is 320 g/mol. The van der Waals surface area contributed by atoms with Crippen molar-refractivity contribution in [1.29, 1.82) is 0 Å². The Bertz CT molecular complexity index is 472. The molecule has 3 aliphatic rings. The zero-order valence-electron chi connectivity index (χ0n) is 14.4. The molecule has 0 radical (unpaired) electrons. The number of unbranched alkanes of at least 4 members (excludes halogenated alkanes) is 1. The van der Waals surface area contributed by atoms with E-state index >= 15 is 0 Å². The highest BCUT2D eigenvalue weighted by atomic mass is 32.3. The van der Waals surface area contributed by atoms with Crippen molar-refractivity contribution < 1.29 is 0 Å². The van der Waals surface area contributed by atoms with Crippen molar-refractivity contribution in [2.45, 2.75) is 37.9 Å². The average Bonchev–Trinajstić information content (AvgIpc) is 3.14. The van der Waals surface area contributed by atoms with Crippen LogP contribution in [0.4, 0.5) is 0 Å². The van der Waals surface area contributed by atoms with Gasteiger partial charge in [-0.2, -0.15) is 10.2 Å². The Hall–Kier alpha value is -0.670. The average molecular weight is 321 g/mol. The van der Waals surface area contributed by atoms with Gasteiger partial charge in [0.2, 0.25) is 0 Å². The van der Waals surface area contributed by atoms with Crippen LogP contribution in [0.25, 0.3) is 0 Å². The Morgan fingerprint density at radius 2 is 1.91 bits per heavy atom. The first-order chi connectivity index (χ1) is 10.6. The van der Waals surface area contributed by atoms with Gasteiger partial charge < -0.3 is 4.90 Å². The number of nitrogens with one attached hydrogen (secondary N) is 1. The molecule has 3 atom stereocenters. The number of rotatable bonds is 6. The summed E-state index contributed by atoms with van der Waals surface area (Å²) in [6, 6.07) is 0. The zero-order valence-corrected chi connectivity index (χ0v) is 15.2. The van der Waals surface area contributed by atoms with E-state index in [0.29, 0.717) is 17.1 Å². The van der Waals surface area contributed by atoms with Gasteiger partial charge >= 0.3 is 0 Å². The molecular weight excluding hydrogens is 288 g/mol. The zero-order chi connectivity index (χ0) is 15.6. The first-order valence-corrected chi connectivity index (χ1v) is 11.4. The Balaban J connectivity index is 1.79. The number of hydrogen-bond donors (Lipinski definition) is 1. The van der Waals surface area contributed by atoms with E-state index < -0.39 is 10.2 Å². The van der Waals surface area contributed by atoms with Crippen molar-refractivity contribution in [2.75, 3.05) is 32.1 Å². The van der Waals surface area contributed by atoms with E-state index in [1.165, 1.54) is 45.3 Å². The molecule has 1 heterocycles. The molecule has 0 bridgehead atoms. The summed E-state index contributed by atoms with van der Waals surface area (Å²) in [7, 11) is -0.803. The fourth-order valence-corrected chi connectivity index (χ4v) is 6.48. The van der Waals surface area contributed by atoms with E-state index in [1.807, 2.05) is 0 Å². The molecule has 1 fully saturated rings. The van der Waals surface area contributed by atoms with Crippen LogP contribution in [0.15, 0.2) is 36.1 Å². The second-order valence-electron chi connectivity index (χ2n) is 7.28. The molecule has 0 aromatic carbocycles. The highest BCUT2D eigenvalue weighted by Crippen LogP contribution is 2.54. The van der Waals surface area contributed by atoms with E-state index in [4.69, 9.17) is 0 Å². The van der Waals surface area contributed by atoms with Gasteiger partial charge in [0.1, 0.15) is 0 Å². The predicted molar refractivity (Wildman–Crippen MR) is 100 cm³/mol. The van der Waals surface area contributed by atoms with Crippen LogP contribution < -0.4 is 4.72 Å². The second kappa shape index (κ2) is 6.84. The third kappa shape index (κ3) is 3.16. The summed E-state index contributed by atoms with van der Waals surface area (Å²) < 4.78 is 3.91. The molecule has 3 rings (SSSR count). The van der Waals surface area contributed by atoms with Crippen molar-refractivity contribution in [3.63, 3.8) is 0 Å². The van der Waals surface area contributed by atoms with Gasteiger partial charge in [0.25, 0.3) is 0 Å². The predicted octanol–water partition coefficient (Wildman–Crippen LogP) is 4.08. The maximum atomic E-state index is 3.91. The van der Waals surface area contributed by atoms with Gasteiger partial charge in [-0.3, -0.25) is 4.72 Å². The quantitative estimate of drug-likeness (QED) is 0.742. The number of fused-ring (bicyclic) bond motifs is 1. The molecule has 0 spiro atoms. The van der Waals surface area contributed by atoms with Crippen LogP contribution >= 0.6 is 10.2 Å². The second-order valence-corrected chi connectivity index (χ2v) is 10.9. The van der Waals surface area contributed by atoms with Crippen LogP contribution in [0, 0.1) is 11.8 Å². The molecule has 0 aromatic rings. The fourth-order valence-electron chi connectivity index (χ4n) is 4.09. The van der Waals surface area contributed by atoms with Crippen LogP contribution in [0.5, 0.6) is 0 Å². The number of allylic oxidation sites excluding steroid dienone is 4. The molecular formula is C19H32N2S. The molecule has 0 saturated carbocycles. The first-order valence-electron chi connectivity index (χ1n) is 8.92. The highest BCUT2D eigenvalue weighted by molar-refractivity contribution is 8.31. The minimum absolute atomic E-state index is 0.618. The van der Waals surface area contributed by atoms with Gasteiger partial charge in [-0.15, -0.1) is 0 Å². The van der Waals surface area contributed by atoms with Crippen LogP contribution in [0.3, 0.4) is 0 Å². The molecule has 0 amide bonds. The van der Waals surface area contributed by atoms with Gasteiger partial charge in [-0.1, -0.05) is 43.7 Å². The van der Waals surface area contributed by atoms with E-state index in [2.05, 4.69) is 59.4 Å². The number of likely N-dealkylation sites (tertiary alicyclic amines) is 1. The van der Waals surface area contributed by atoms with Crippen molar-refractivity contribution in [2.24, 2.45) is 11.8 Å². The smallest absolute Gasteiger partial charge is 0.0271 e. The van der Waals surface area contributed by atoms with E-state index in [1.54, 1.807) is 5.70 Å². The lowest BCUT2D eigenvalue weighted by atomic mass is 9.89. The molecule has 124 valence electrons. The SMILES string of the molecule is CCCCNS(C)(C)C1C=C(N2CCCC2)C2C=CC=CC21. The summed E-state index contributed by atoms with van der Waals surface area (Å²) in [4.78, 5) is 2.66. The van der Waals surface area contributed by atoms with Gasteiger partial charge in [-0.05, 0) is 31.8 Å². The lowest BCUT2D eigenvalue weighted by molar-refractivity contribution is 0.373. The molecule has 3 heteroatoms. The molecule has 2 nitrogen and oxygen atoms in total. The summed E-state index contributed by atoms with van der Waals surface area (Å²) in [5.74, 6) is 1.28. The highest BCUT2D eigenvalue weighted by Gasteiger charge is 2.42. The Labute approximate surface area is 138 Å². The van der Waals surface area contributed by atoms with Crippen molar-refractivity contribution in [3.05, 3.63) is 36.1 Å². The minimum Gasteiger partial charge on any atom is -0.375 e. The maximum absolute atomic E-state index is 3.91. The summed E-state index contributed by atoms with van der Waals surface area (Å²) in [5, 5.41) is 0.672. The standard InChI is InChI=1S/C19H32N2S/c1-4-5-12-20-22(2,3)19-15-18(21-13-8-9-14-21)16-10-6-7-11-17(16)19/h6-7,10-11,15-17,19-20H,4-5,8-9,12-14H2,1-3H3. The molecule has 1 N–H and O–H groups in total. The summed E-state index contributed by atoms with van der Waals surface area (Å²) in [6.45, 7) is 5.96. The number of nitrogens with zero attached hydrogens (tertiary/aromatic N) is 1. The normalized spacial score (nSPS) is 31.5. The minimum atomic E-state index is -0.803. The van der Waals surface area contributed by atoms with Crippen molar-refractivity contribution in [3.8, 4) is 0 Å². The molecule has 1 aliphatic heterocycles. The molecule has 3 unspecified atom stereocenters. The Morgan fingerprint density at radius 3 is 2.64 bits per heavy atom. The largest absolute Gasteiger partial charge is 0.375 e. The topological polar surface area (TPSA) is 15.3 Å². The van der Waals surface area contributed by atoms with Gasteiger partial charge in [0, 0.05) is 42.4 Å². The Kier molecular flexibility index (Phi) is 5.03. The summed E-state index contributed by atoms with van der Waals surface area (Å²) in [5.41, 5.74) is 1.62. The Morgan fingerprint density at radius 1 is 1.18 bits per heavy atom. The van der Waals surface area contributed by atoms with Gasteiger partial charge in [0.05, 0.1) is 0 Å². The van der Waals surface area contributed by atoms with Gasteiger partial charge in [0.15, 0.2) is 0 Å². The third-order valence-electron chi connectivity index (χ3n) is 5.39.